The summed E-state index contributed by atoms with van der Waals surface area (Å²) in [4.78, 5) is 44.5. The number of anilines is 1. The second-order valence-corrected chi connectivity index (χ2v) is 16.6. The molecule has 0 bridgehead atoms. The second kappa shape index (κ2) is 19.3. The predicted molar refractivity (Wildman–Crippen MR) is 201 cm³/mol. The van der Waals surface area contributed by atoms with Crippen molar-refractivity contribution >= 4 is 53.7 Å². The summed E-state index contributed by atoms with van der Waals surface area (Å²) in [5, 5.41) is 7.11. The molecular weight excluding hydrogens is 698 g/mol. The third-order valence-electron chi connectivity index (χ3n) is 7.35. The van der Waals surface area contributed by atoms with E-state index in [1.54, 1.807) is 46.1 Å². The summed E-state index contributed by atoms with van der Waals surface area (Å²) in [5.41, 5.74) is -0.501. The van der Waals surface area contributed by atoms with Crippen molar-refractivity contribution in [1.29, 1.82) is 0 Å². The van der Waals surface area contributed by atoms with Crippen molar-refractivity contribution in [3.05, 3.63) is 71.1 Å². The van der Waals surface area contributed by atoms with E-state index in [0.717, 1.165) is 10.8 Å². The molecule has 51 heavy (non-hydrogen) atoms. The van der Waals surface area contributed by atoms with E-state index in [2.05, 4.69) is 15.6 Å². The molecule has 3 amide bonds. The number of rotatable bonds is 16. The maximum Gasteiger partial charge on any atom is 0.412 e. The van der Waals surface area contributed by atoms with E-state index in [1.807, 2.05) is 45.0 Å². The van der Waals surface area contributed by atoms with Crippen LogP contribution in [0.5, 0.6) is 0 Å². The van der Waals surface area contributed by atoms with E-state index in [0.29, 0.717) is 11.4 Å². The van der Waals surface area contributed by atoms with Crippen LogP contribution in [0.25, 0.3) is 10.8 Å². The molecule has 3 rings (SSSR count). The normalized spacial score (nSPS) is 13.4. The molecule has 1 unspecified atom stereocenters. The first-order chi connectivity index (χ1) is 23.3. The van der Waals surface area contributed by atoms with Gasteiger partial charge in [0, 0.05) is 38.0 Å². The van der Waals surface area contributed by atoms with E-state index >= 15 is 0 Å². The van der Waals surface area contributed by atoms with E-state index in [1.165, 1.54) is 17.0 Å². The highest BCUT2D eigenvalue weighted by Crippen LogP contribution is 2.54. The van der Waals surface area contributed by atoms with Gasteiger partial charge in [-0.05, 0) is 62.1 Å². The van der Waals surface area contributed by atoms with Crippen LogP contribution >= 0.6 is 19.2 Å². The Balaban J connectivity index is 0.00000901. The Morgan fingerprint density at radius 3 is 2.37 bits per heavy atom. The van der Waals surface area contributed by atoms with Gasteiger partial charge < -0.3 is 24.0 Å². The Labute approximate surface area is 306 Å². The van der Waals surface area contributed by atoms with Crippen molar-refractivity contribution in [3.8, 4) is 0 Å². The molecule has 0 saturated heterocycles. The van der Waals surface area contributed by atoms with Gasteiger partial charge in [-0.3, -0.25) is 19.5 Å². The highest BCUT2D eigenvalue weighted by Gasteiger charge is 2.35. The van der Waals surface area contributed by atoms with Gasteiger partial charge in [0.2, 0.25) is 11.8 Å². The molecule has 0 aliphatic rings. The molecule has 2 atom stereocenters. The molecule has 0 spiro atoms. The number of ether oxygens (including phenoxy) is 1. The minimum absolute atomic E-state index is 0. The van der Waals surface area contributed by atoms with Gasteiger partial charge in [0.15, 0.2) is 0 Å². The molecule has 0 fully saturated rings. The zero-order valence-corrected chi connectivity index (χ0v) is 31.5. The molecule has 14 heteroatoms. The van der Waals surface area contributed by atoms with Crippen molar-refractivity contribution in [2.45, 2.75) is 86.3 Å². The van der Waals surface area contributed by atoms with E-state index in [9.17, 15) is 23.3 Å². The number of pyridine rings is 1. The van der Waals surface area contributed by atoms with Crippen LogP contribution < -0.4 is 10.6 Å². The number of halogens is 2. The summed E-state index contributed by atoms with van der Waals surface area (Å²) in [5.74, 6) is -0.919. The highest BCUT2D eigenvalue weighted by molar-refractivity contribution is 7.53. The van der Waals surface area contributed by atoms with Crippen LogP contribution in [-0.2, 0) is 34.4 Å². The lowest BCUT2D eigenvalue weighted by Gasteiger charge is -2.31. The van der Waals surface area contributed by atoms with Crippen molar-refractivity contribution in [1.82, 2.24) is 15.2 Å². The van der Waals surface area contributed by atoms with Crippen molar-refractivity contribution in [2.24, 2.45) is 5.41 Å². The molecule has 2 aromatic carbocycles. The van der Waals surface area contributed by atoms with E-state index in [-0.39, 0.29) is 81.3 Å². The van der Waals surface area contributed by atoms with Crippen LogP contribution in [0.4, 0.5) is 15.0 Å². The summed E-state index contributed by atoms with van der Waals surface area (Å²) >= 11 is 6.07. The van der Waals surface area contributed by atoms with Crippen molar-refractivity contribution in [3.63, 3.8) is 0 Å². The predicted octanol–water partition coefficient (Wildman–Crippen LogP) is 8.64. The smallest absolute Gasteiger partial charge is 0.412 e. The summed E-state index contributed by atoms with van der Waals surface area (Å²) < 4.78 is 44.4. The Kier molecular flexibility index (Phi) is 16.5. The van der Waals surface area contributed by atoms with Gasteiger partial charge in [-0.2, -0.15) is 0 Å². The zero-order valence-electron chi connectivity index (χ0n) is 29.9. The average Bonchev–Trinajstić information content (AvgIpc) is 3.01. The average molecular weight is 751 g/mol. The van der Waals surface area contributed by atoms with Crippen LogP contribution in [0.2, 0.25) is 5.02 Å². The van der Waals surface area contributed by atoms with Gasteiger partial charge in [-0.15, -0.1) is 0 Å². The maximum atomic E-state index is 13.9. The van der Waals surface area contributed by atoms with Crippen LogP contribution in [0.15, 0.2) is 54.7 Å². The minimum atomic E-state index is -3.45. The number of carbonyl (C=O) groups excluding carboxylic acids is 3. The fourth-order valence-electron chi connectivity index (χ4n) is 5.08. The first-order valence-corrected chi connectivity index (χ1v) is 18.6. The third-order valence-corrected chi connectivity index (χ3v) is 10.5. The first-order valence-electron chi connectivity index (χ1n) is 16.5. The number of carbonyl (C=O) groups is 3. The standard InChI is InChI=1S/C36H49ClFN4O7P.CH4/c1-35(2,3)24-50(46,49-36(4,5)6)48-20-19-39-31(43)17-16-28(42(7)32(44)18-15-25-13-10-14-29(38)33(25)37)23-47-34(45)41-30-21-26-11-8-9-12-27(26)22-40-30;/h8-14,21-22,28H,15-20,23-24H2,1-7H3,(H,39,43)(H,40,41,45);1H4/t28-,50?;/m0./s1. The summed E-state index contributed by atoms with van der Waals surface area (Å²) in [6.07, 6.45) is 1.43. The SMILES string of the molecule is C.CN(C(=O)CCc1cccc(F)c1Cl)[C@@H](CCC(=O)NCCOP(=O)(CC(C)(C)C)OC(C)(C)C)COC(=O)Nc1cc2ccccc2cn1. The number of aromatic nitrogens is 1. The Hall–Kier alpha value is -3.57. The Morgan fingerprint density at radius 2 is 1.71 bits per heavy atom. The second-order valence-electron chi connectivity index (χ2n) is 14.3. The largest absolute Gasteiger partial charge is 0.447 e. The van der Waals surface area contributed by atoms with Crippen LogP contribution in [-0.4, -0.2) is 72.4 Å². The summed E-state index contributed by atoms with van der Waals surface area (Å²) in [6.45, 7) is 11.1. The number of benzene rings is 2. The number of amides is 3. The molecule has 1 heterocycles. The molecule has 0 radical (unpaired) electrons. The minimum Gasteiger partial charge on any atom is -0.447 e. The molecule has 2 N–H and O–H groups in total. The molecule has 0 saturated carbocycles. The number of aryl methyl sites for hydroxylation is 1. The summed E-state index contributed by atoms with van der Waals surface area (Å²) in [7, 11) is -1.90. The number of hydrogen-bond donors (Lipinski definition) is 2. The molecule has 3 aromatic rings. The number of nitrogens with one attached hydrogen (secondary N) is 2. The molecular formula is C37H53ClFN4O7P. The van der Waals surface area contributed by atoms with Crippen LogP contribution in [0, 0.1) is 11.2 Å². The molecule has 11 nitrogen and oxygen atoms in total. The van der Waals surface area contributed by atoms with E-state index < -0.39 is 31.1 Å². The first kappa shape index (κ1) is 43.6. The van der Waals surface area contributed by atoms with Gasteiger partial charge in [-0.25, -0.2) is 14.2 Å². The van der Waals surface area contributed by atoms with Crippen molar-refractivity contribution in [2.75, 3.05) is 38.3 Å². The summed E-state index contributed by atoms with van der Waals surface area (Å²) in [6, 6.07) is 13.0. The Morgan fingerprint density at radius 1 is 1.02 bits per heavy atom. The van der Waals surface area contributed by atoms with Crippen LogP contribution in [0.1, 0.15) is 73.8 Å². The molecule has 1 aromatic heterocycles. The fraction of sp³-hybridized carbons (Fsp3) is 0.514. The van der Waals surface area contributed by atoms with Gasteiger partial charge in [0.25, 0.3) is 0 Å². The number of likely N-dealkylation sites (N-methyl/N-ethyl adjacent to an activating group) is 1. The lowest BCUT2D eigenvalue weighted by molar-refractivity contribution is -0.133. The number of nitrogens with zero attached hydrogens (tertiary/aromatic N) is 2. The van der Waals surface area contributed by atoms with Gasteiger partial charge >= 0.3 is 13.7 Å². The van der Waals surface area contributed by atoms with Gasteiger partial charge in [-0.1, -0.05) is 76.2 Å². The van der Waals surface area contributed by atoms with Crippen LogP contribution in [0.3, 0.4) is 0 Å². The lowest BCUT2D eigenvalue weighted by atomic mass is 10.0. The molecule has 282 valence electrons. The highest BCUT2D eigenvalue weighted by atomic mass is 35.5. The molecule has 0 aliphatic carbocycles. The number of hydrogen-bond acceptors (Lipinski definition) is 8. The van der Waals surface area contributed by atoms with Crippen molar-refractivity contribution < 1.29 is 37.1 Å². The zero-order chi connectivity index (χ0) is 37.1. The quantitative estimate of drug-likeness (QED) is 0.110. The Bertz CT molecular complexity index is 1660. The monoisotopic (exact) mass is 750 g/mol. The van der Waals surface area contributed by atoms with Gasteiger partial charge in [0.1, 0.15) is 18.2 Å². The van der Waals surface area contributed by atoms with E-state index in [4.69, 9.17) is 25.4 Å². The number of fused-ring (bicyclic) bond motifs is 1. The third kappa shape index (κ3) is 15.3. The fourth-order valence-corrected chi connectivity index (χ4v) is 7.87. The topological polar surface area (TPSA) is 136 Å². The maximum absolute atomic E-state index is 13.9. The lowest BCUT2D eigenvalue weighted by Crippen LogP contribution is -2.42. The molecule has 0 aliphatic heterocycles. The van der Waals surface area contributed by atoms with Gasteiger partial charge in [0.05, 0.1) is 29.4 Å².